The van der Waals surface area contributed by atoms with Crippen LogP contribution >= 0.6 is 0 Å². The molecule has 1 aliphatic heterocycles. The largest absolute Gasteiger partial charge is 0.410 e. The molecule has 1 fully saturated rings. The Hall–Kier alpha value is 0.0169. The number of unbranched alkanes of at least 4 members (excludes halogenated alkanes) is 4. The van der Waals surface area contributed by atoms with Gasteiger partial charge >= 0.3 is 0 Å². The average Bonchev–Trinajstić information content (AvgIpc) is 2.66. The predicted octanol–water partition coefficient (Wildman–Crippen LogP) is 5.22. The van der Waals surface area contributed by atoms with Crippen molar-refractivity contribution in [3.05, 3.63) is 0 Å². The molecule has 6 heteroatoms. The Bertz CT molecular complexity index is 455. The first-order valence-corrected chi connectivity index (χ1v) is 15.2. The Balaban J connectivity index is 2.73. The van der Waals surface area contributed by atoms with E-state index in [1.54, 1.807) is 0 Å². The second kappa shape index (κ2) is 13.5. The van der Waals surface area contributed by atoms with E-state index in [1.165, 1.54) is 12.8 Å². The number of rotatable bonds is 14. The van der Waals surface area contributed by atoms with Crippen molar-refractivity contribution in [1.29, 1.82) is 0 Å². The van der Waals surface area contributed by atoms with Gasteiger partial charge in [-0.2, -0.15) is 0 Å². The average molecular weight is 446 g/mol. The van der Waals surface area contributed by atoms with Crippen LogP contribution in [0.1, 0.15) is 80.1 Å². The molecule has 0 amide bonds. The van der Waals surface area contributed by atoms with Gasteiger partial charge in [0.1, 0.15) is 6.10 Å². The van der Waals surface area contributed by atoms with Gasteiger partial charge in [-0.3, -0.25) is 4.90 Å². The molecule has 0 spiro atoms. The number of aliphatic hydroxyl groups excluding tert-OH is 1. The van der Waals surface area contributed by atoms with E-state index >= 15 is 0 Å². The van der Waals surface area contributed by atoms with E-state index in [1.807, 2.05) is 6.92 Å². The maximum Gasteiger partial charge on any atom is 0.192 e. The normalized spacial score (nSPS) is 26.3. The van der Waals surface area contributed by atoms with Crippen LogP contribution < -0.4 is 0 Å². The fraction of sp³-hybridized carbons (Fsp3) is 1.00. The van der Waals surface area contributed by atoms with Crippen LogP contribution in [-0.4, -0.2) is 75.6 Å². The number of hydrogen-bond donors (Lipinski definition) is 1. The molecule has 1 saturated heterocycles. The molecular weight excluding hydrogens is 394 g/mol. The summed E-state index contributed by atoms with van der Waals surface area (Å²) in [5, 5.41) is 11.3. The molecule has 1 N–H and O–H groups in total. The van der Waals surface area contributed by atoms with Crippen LogP contribution in [0.3, 0.4) is 0 Å². The number of likely N-dealkylation sites (tertiary alicyclic amines) is 1. The molecule has 0 aromatic heterocycles. The van der Waals surface area contributed by atoms with Crippen LogP contribution in [-0.2, 0) is 13.9 Å². The lowest BCUT2D eigenvalue weighted by Gasteiger charge is -2.49. The molecule has 0 radical (unpaired) electrons. The number of hydrogen-bond acceptors (Lipinski definition) is 5. The Morgan fingerprint density at radius 2 is 1.67 bits per heavy atom. The van der Waals surface area contributed by atoms with Crippen LogP contribution in [0, 0.1) is 0 Å². The summed E-state index contributed by atoms with van der Waals surface area (Å²) in [4.78, 5) is 2.42. The number of piperidine rings is 1. The van der Waals surface area contributed by atoms with Crippen molar-refractivity contribution in [2.24, 2.45) is 0 Å². The monoisotopic (exact) mass is 445 g/mol. The fourth-order valence-corrected chi connectivity index (χ4v) is 5.07. The lowest BCUT2D eigenvalue weighted by molar-refractivity contribution is -0.154. The van der Waals surface area contributed by atoms with Gasteiger partial charge in [0.05, 0.1) is 12.2 Å². The fourth-order valence-electron chi connectivity index (χ4n) is 3.75. The Morgan fingerprint density at radius 1 is 1.00 bits per heavy atom. The maximum absolute atomic E-state index is 11.1. The van der Waals surface area contributed by atoms with Crippen molar-refractivity contribution in [2.75, 3.05) is 32.9 Å². The Labute approximate surface area is 188 Å². The first kappa shape index (κ1) is 28.1. The van der Waals surface area contributed by atoms with Crippen molar-refractivity contribution in [3.8, 4) is 0 Å². The molecule has 1 heterocycles. The van der Waals surface area contributed by atoms with Gasteiger partial charge in [0.25, 0.3) is 0 Å². The van der Waals surface area contributed by atoms with Crippen molar-refractivity contribution in [2.45, 2.75) is 123 Å². The Kier molecular flexibility index (Phi) is 12.7. The summed E-state index contributed by atoms with van der Waals surface area (Å²) in [6.45, 7) is 22.0. The third kappa shape index (κ3) is 8.87. The molecule has 0 unspecified atom stereocenters. The minimum absolute atomic E-state index is 0.0631. The lowest BCUT2D eigenvalue weighted by atomic mass is 9.94. The highest BCUT2D eigenvalue weighted by atomic mass is 28.4. The first-order valence-electron chi connectivity index (χ1n) is 12.3. The topological polar surface area (TPSA) is 51.2 Å². The van der Waals surface area contributed by atoms with Gasteiger partial charge in [-0.05, 0) is 57.8 Å². The zero-order valence-electron chi connectivity index (χ0n) is 21.2. The van der Waals surface area contributed by atoms with Gasteiger partial charge in [-0.25, -0.2) is 0 Å². The molecule has 0 saturated carbocycles. The summed E-state index contributed by atoms with van der Waals surface area (Å²) in [7, 11) is -1.95. The quantitative estimate of drug-likeness (QED) is 0.293. The number of aliphatic hydroxyl groups is 1. The highest BCUT2D eigenvalue weighted by Crippen LogP contribution is 2.39. The molecular formula is C24H51NO4Si. The molecule has 30 heavy (non-hydrogen) atoms. The second-order valence-electron chi connectivity index (χ2n) is 10.4. The maximum atomic E-state index is 11.1. The molecule has 0 bridgehead atoms. The van der Waals surface area contributed by atoms with E-state index in [-0.39, 0.29) is 23.3 Å². The predicted molar refractivity (Wildman–Crippen MR) is 129 cm³/mol. The SMILES string of the molecule is CCCCO[C@H]1[C@@H](O)[C@@H](C)N(CCCCCCOCC)C[C@@H]1O[Si](C)(C)C(C)(C)C. The summed E-state index contributed by atoms with van der Waals surface area (Å²) in [5.41, 5.74) is 0. The Morgan fingerprint density at radius 3 is 2.27 bits per heavy atom. The van der Waals surface area contributed by atoms with E-state index < -0.39 is 14.4 Å². The van der Waals surface area contributed by atoms with Gasteiger partial charge in [0, 0.05) is 32.4 Å². The van der Waals surface area contributed by atoms with E-state index in [0.717, 1.165) is 52.0 Å². The molecule has 0 aromatic carbocycles. The standard InChI is InChI=1S/C24H51NO4Si/c1-9-11-18-28-23-21(29-30(7,8)24(4,5)6)19-25(20(3)22(23)26)16-14-12-13-15-17-27-10-2/h20-23,26H,9-19H2,1-8H3/t20-,21+,22+,23-/m1/s1. The van der Waals surface area contributed by atoms with Gasteiger partial charge < -0.3 is 19.0 Å². The van der Waals surface area contributed by atoms with Crippen LogP contribution in [0.4, 0.5) is 0 Å². The van der Waals surface area contributed by atoms with Gasteiger partial charge in [-0.15, -0.1) is 0 Å². The highest BCUT2D eigenvalue weighted by Gasteiger charge is 2.47. The molecule has 1 aliphatic rings. The van der Waals surface area contributed by atoms with Crippen molar-refractivity contribution in [1.82, 2.24) is 4.90 Å². The number of ether oxygens (including phenoxy) is 2. The van der Waals surface area contributed by atoms with Crippen LogP contribution in [0.2, 0.25) is 18.1 Å². The molecule has 1 rings (SSSR count). The molecule has 5 nitrogen and oxygen atoms in total. The van der Waals surface area contributed by atoms with Crippen molar-refractivity contribution >= 4 is 8.32 Å². The summed E-state index contributed by atoms with van der Waals surface area (Å²) < 4.78 is 18.4. The zero-order chi connectivity index (χ0) is 22.8. The highest BCUT2D eigenvalue weighted by molar-refractivity contribution is 6.74. The van der Waals surface area contributed by atoms with Gasteiger partial charge in [-0.1, -0.05) is 47.0 Å². The molecule has 180 valence electrons. The summed E-state index contributed by atoms with van der Waals surface area (Å²) in [6, 6.07) is 0.0966. The minimum Gasteiger partial charge on any atom is -0.410 e. The van der Waals surface area contributed by atoms with E-state index in [9.17, 15) is 5.11 Å². The second-order valence-corrected chi connectivity index (χ2v) is 15.2. The van der Waals surface area contributed by atoms with Crippen LogP contribution in [0.25, 0.3) is 0 Å². The lowest BCUT2D eigenvalue weighted by Crippen LogP contribution is -2.64. The van der Waals surface area contributed by atoms with E-state index in [2.05, 4.69) is 52.6 Å². The summed E-state index contributed by atoms with van der Waals surface area (Å²) in [5.74, 6) is 0. The van der Waals surface area contributed by atoms with Crippen molar-refractivity contribution < 1.29 is 19.0 Å². The molecule has 4 atom stereocenters. The van der Waals surface area contributed by atoms with Gasteiger partial charge in [0.2, 0.25) is 0 Å². The zero-order valence-corrected chi connectivity index (χ0v) is 22.2. The summed E-state index contributed by atoms with van der Waals surface area (Å²) >= 11 is 0. The smallest absolute Gasteiger partial charge is 0.192 e. The minimum atomic E-state index is -1.95. The molecule has 0 aromatic rings. The first-order chi connectivity index (χ1) is 14.0. The number of nitrogens with zero attached hydrogens (tertiary/aromatic N) is 1. The van der Waals surface area contributed by atoms with Gasteiger partial charge in [0.15, 0.2) is 8.32 Å². The molecule has 0 aliphatic carbocycles. The van der Waals surface area contributed by atoms with Crippen LogP contribution in [0.5, 0.6) is 0 Å². The third-order valence-corrected chi connectivity index (χ3v) is 11.4. The van der Waals surface area contributed by atoms with E-state index in [4.69, 9.17) is 13.9 Å². The van der Waals surface area contributed by atoms with Crippen LogP contribution in [0.15, 0.2) is 0 Å². The summed E-state index contributed by atoms with van der Waals surface area (Å²) in [6.07, 6.45) is 6.01. The van der Waals surface area contributed by atoms with E-state index in [0.29, 0.717) is 6.61 Å². The van der Waals surface area contributed by atoms with Crippen molar-refractivity contribution in [3.63, 3.8) is 0 Å². The third-order valence-electron chi connectivity index (χ3n) is 6.94.